The van der Waals surface area contributed by atoms with Crippen LogP contribution < -0.4 is 0 Å². The molecule has 239 valence electrons. The summed E-state index contributed by atoms with van der Waals surface area (Å²) in [5, 5.41) is 0. The molecule has 0 nitrogen and oxygen atoms in total. The van der Waals surface area contributed by atoms with Crippen molar-refractivity contribution in [2.24, 2.45) is 10.8 Å². The van der Waals surface area contributed by atoms with Crippen LogP contribution in [0.5, 0.6) is 0 Å². The topological polar surface area (TPSA) is 0 Å². The Kier molecular flexibility index (Phi) is 8.53. The van der Waals surface area contributed by atoms with Gasteiger partial charge in [0.05, 0.1) is 0 Å². The number of hydrogen-bond donors (Lipinski definition) is 0. The second kappa shape index (κ2) is 11.6. The van der Waals surface area contributed by atoms with Gasteiger partial charge < -0.3 is 0 Å². The number of allylic oxidation sites excluding steroid dienone is 2. The summed E-state index contributed by atoms with van der Waals surface area (Å²) in [6.45, 7) is 19.3. The van der Waals surface area contributed by atoms with Gasteiger partial charge in [-0.05, 0) is 0 Å². The van der Waals surface area contributed by atoms with E-state index in [-0.39, 0.29) is 10.8 Å². The average Bonchev–Trinajstić information content (AvgIpc) is 3.54. The van der Waals surface area contributed by atoms with E-state index in [0.29, 0.717) is 0 Å². The van der Waals surface area contributed by atoms with Crippen LogP contribution in [0.4, 0.5) is 0 Å². The third kappa shape index (κ3) is 4.75. The van der Waals surface area contributed by atoms with E-state index in [1.54, 1.807) is 0 Å². The van der Waals surface area contributed by atoms with Crippen molar-refractivity contribution in [3.05, 3.63) is 154 Å². The molecule has 0 saturated heterocycles. The summed E-state index contributed by atoms with van der Waals surface area (Å²) in [6.07, 6.45) is 6.59. The molecule has 0 heterocycles. The SMILES string of the molecule is C[SiH](C)[Hf]([Cl])([Cl])([C]1(Cc2ccccc2)C(C(C)(C)C)=Cc2ccccc21)[C]1(Cc2ccccc2)C(C(C)(C)C)=Cc2ccccc21. The van der Waals surface area contributed by atoms with Crippen LogP contribution in [-0.2, 0) is 34.5 Å². The van der Waals surface area contributed by atoms with Gasteiger partial charge in [0.2, 0.25) is 0 Å². The minimum absolute atomic E-state index is 0.157. The Balaban J connectivity index is 1.87. The molecule has 0 radical (unpaired) electrons. The van der Waals surface area contributed by atoms with Gasteiger partial charge in [-0.1, -0.05) is 0 Å². The summed E-state index contributed by atoms with van der Waals surface area (Å²) in [5.74, 6) is -1.91. The van der Waals surface area contributed by atoms with E-state index in [2.05, 4.69) is 176 Å². The fraction of sp³-hybridized carbons (Fsp3) is 0.333. The molecule has 6 rings (SSSR count). The summed E-state index contributed by atoms with van der Waals surface area (Å²) in [4.78, 5) is 0. The Morgan fingerprint density at radius 2 is 0.848 bits per heavy atom. The Morgan fingerprint density at radius 3 is 1.17 bits per heavy atom. The Morgan fingerprint density at radius 1 is 0.522 bits per heavy atom. The fourth-order valence-corrected chi connectivity index (χ4v) is 66.6. The second-order valence-electron chi connectivity index (χ2n) is 16.2. The zero-order valence-electron chi connectivity index (χ0n) is 28.8. The van der Waals surface area contributed by atoms with E-state index < -0.39 is 27.6 Å². The number of halogens is 2. The first-order chi connectivity index (χ1) is 21.6. The standard InChI is InChI=1S/2C20H21.C2H7Si.2ClH.Hf/c2*1-20(2,3)19-14-16-11-7-8-12-17(16)18(19)13-15-9-5-4-6-10-15;1-3-2;;;/h2*4-12,14H,13H2,1-3H3;3H,1-2H3;2*1H;/q;;;;;+2/p-2. The number of hydrogen-bond acceptors (Lipinski definition) is 0. The normalized spacial score (nSPS) is 22.1. The van der Waals surface area contributed by atoms with Gasteiger partial charge >= 0.3 is 289 Å². The zero-order chi connectivity index (χ0) is 33.2. The molecule has 4 heteroatoms. The maximum absolute atomic E-state index is 9.38. The fourth-order valence-electron chi connectivity index (χ4n) is 9.43. The summed E-state index contributed by atoms with van der Waals surface area (Å²) < 4.78 is -1.04. The van der Waals surface area contributed by atoms with Gasteiger partial charge in [0.25, 0.3) is 0 Å². The predicted molar refractivity (Wildman–Crippen MR) is 202 cm³/mol. The van der Waals surface area contributed by atoms with Crippen molar-refractivity contribution in [2.45, 2.75) is 73.8 Å². The molecule has 0 N–H and O–H groups in total. The van der Waals surface area contributed by atoms with E-state index in [0.717, 1.165) is 12.8 Å². The number of rotatable bonds is 7. The summed E-state index contributed by atoms with van der Waals surface area (Å²) in [6, 6.07) is 40.3. The molecule has 0 aromatic heterocycles. The van der Waals surface area contributed by atoms with Crippen molar-refractivity contribution < 1.29 is 15.3 Å². The van der Waals surface area contributed by atoms with Crippen molar-refractivity contribution in [1.29, 1.82) is 0 Å². The van der Waals surface area contributed by atoms with Crippen molar-refractivity contribution in [3.8, 4) is 0 Å². The van der Waals surface area contributed by atoms with Crippen LogP contribution in [0.15, 0.2) is 120 Å². The van der Waals surface area contributed by atoms with Crippen molar-refractivity contribution in [2.75, 3.05) is 0 Å². The van der Waals surface area contributed by atoms with Crippen molar-refractivity contribution >= 4 is 35.3 Å². The van der Waals surface area contributed by atoms with Gasteiger partial charge in [0.15, 0.2) is 0 Å². The molecular formula is C42H49Cl2HfSi. The molecule has 2 aliphatic rings. The third-order valence-corrected chi connectivity index (χ3v) is 91.5. The van der Waals surface area contributed by atoms with Crippen LogP contribution in [0.25, 0.3) is 12.2 Å². The first-order valence-corrected chi connectivity index (χ1v) is 38.5. The number of benzene rings is 4. The van der Waals surface area contributed by atoms with Gasteiger partial charge in [-0.25, -0.2) is 0 Å². The summed E-state index contributed by atoms with van der Waals surface area (Å²) >= 11 is -5.69. The Labute approximate surface area is 286 Å². The van der Waals surface area contributed by atoms with Gasteiger partial charge in [0, 0.05) is 0 Å². The molecule has 4 aromatic carbocycles. The molecule has 2 unspecified atom stereocenters. The first-order valence-electron chi connectivity index (χ1n) is 16.9. The first kappa shape index (κ1) is 33.9. The minimum atomic E-state index is -5.69. The van der Waals surface area contributed by atoms with Gasteiger partial charge in [-0.3, -0.25) is 0 Å². The Bertz CT molecular complexity index is 1700. The van der Waals surface area contributed by atoms with E-state index in [1.807, 2.05) is 0 Å². The zero-order valence-corrected chi connectivity index (χ0v) is 35.1. The molecule has 0 fully saturated rings. The molecule has 0 spiro atoms. The van der Waals surface area contributed by atoms with Crippen LogP contribution >= 0.6 is 17.2 Å². The van der Waals surface area contributed by atoms with Gasteiger partial charge in [-0.2, -0.15) is 0 Å². The van der Waals surface area contributed by atoms with Crippen molar-refractivity contribution in [1.82, 2.24) is 0 Å². The van der Waals surface area contributed by atoms with E-state index >= 15 is 0 Å². The molecular weight excluding hydrogens is 782 g/mol. The molecule has 2 aliphatic carbocycles. The molecule has 4 aromatic rings. The molecule has 46 heavy (non-hydrogen) atoms. The molecule has 0 bridgehead atoms. The second-order valence-corrected chi connectivity index (χ2v) is 74.7. The third-order valence-electron chi connectivity index (χ3n) is 11.2. The van der Waals surface area contributed by atoms with E-state index in [4.69, 9.17) is 0 Å². The maximum atomic E-state index is 9.38. The Hall–Kier alpha value is -1.97. The molecule has 0 aliphatic heterocycles. The summed E-state index contributed by atoms with van der Waals surface area (Å²) in [7, 11) is 18.8. The number of fused-ring (bicyclic) bond motifs is 2. The van der Waals surface area contributed by atoms with Crippen LogP contribution in [-0.4, -0.2) is 5.98 Å². The van der Waals surface area contributed by atoms with Crippen LogP contribution in [0.1, 0.15) is 74.9 Å². The molecule has 2 atom stereocenters. The molecule has 0 amide bonds. The summed E-state index contributed by atoms with van der Waals surface area (Å²) in [5.41, 5.74) is 10.4. The molecule has 0 saturated carbocycles. The average molecular weight is 831 g/mol. The monoisotopic (exact) mass is 831 g/mol. The van der Waals surface area contributed by atoms with Gasteiger partial charge in [0.1, 0.15) is 0 Å². The van der Waals surface area contributed by atoms with Crippen LogP contribution in [0.3, 0.4) is 0 Å². The van der Waals surface area contributed by atoms with Gasteiger partial charge in [-0.15, -0.1) is 0 Å². The van der Waals surface area contributed by atoms with E-state index in [1.165, 1.54) is 44.5 Å². The quantitative estimate of drug-likeness (QED) is 0.163. The van der Waals surface area contributed by atoms with Crippen molar-refractivity contribution in [3.63, 3.8) is 0 Å². The van der Waals surface area contributed by atoms with Crippen LogP contribution in [0, 0.1) is 10.8 Å². The van der Waals surface area contributed by atoms with E-state index in [9.17, 15) is 17.2 Å². The predicted octanol–water partition coefficient (Wildman–Crippen LogP) is 12.1. The van der Waals surface area contributed by atoms with Crippen LogP contribution in [0.2, 0.25) is 13.1 Å².